The number of carboxylic acids is 1. The molecule has 1 aliphatic rings. The quantitative estimate of drug-likeness (QED) is 0.724. The summed E-state index contributed by atoms with van der Waals surface area (Å²) in [5.41, 5.74) is 0. The standard InChI is InChI=1S/C10H18N2O5S/c1-18(16,17)7-4-11-10(15)12-5-2-8(3-6-12)9(13)14/h8H,2-7H2,1H3,(H,11,15)(H,13,14). The number of carbonyl (C=O) groups excluding carboxylic acids is 1. The summed E-state index contributed by atoms with van der Waals surface area (Å²) in [6.07, 6.45) is 1.99. The first-order valence-electron chi connectivity index (χ1n) is 5.73. The van der Waals surface area contributed by atoms with Gasteiger partial charge >= 0.3 is 12.0 Å². The lowest BCUT2D eigenvalue weighted by Crippen LogP contribution is -2.46. The number of carbonyl (C=O) groups is 2. The zero-order valence-electron chi connectivity index (χ0n) is 10.3. The number of carboxylic acid groups (broad SMARTS) is 1. The van der Waals surface area contributed by atoms with Gasteiger partial charge in [-0.1, -0.05) is 0 Å². The number of hydrogen-bond acceptors (Lipinski definition) is 4. The van der Waals surface area contributed by atoms with Crippen LogP contribution >= 0.6 is 0 Å². The highest BCUT2D eigenvalue weighted by Crippen LogP contribution is 2.16. The monoisotopic (exact) mass is 278 g/mol. The van der Waals surface area contributed by atoms with Gasteiger partial charge < -0.3 is 15.3 Å². The SMILES string of the molecule is CS(=O)(=O)CCNC(=O)N1CCC(C(=O)O)CC1. The number of nitrogens with zero attached hydrogens (tertiary/aromatic N) is 1. The molecule has 0 aliphatic carbocycles. The summed E-state index contributed by atoms with van der Waals surface area (Å²) in [6, 6.07) is -0.331. The smallest absolute Gasteiger partial charge is 0.317 e. The third-order valence-corrected chi connectivity index (χ3v) is 3.83. The van der Waals surface area contributed by atoms with Gasteiger partial charge in [-0.25, -0.2) is 13.2 Å². The van der Waals surface area contributed by atoms with E-state index in [1.807, 2.05) is 0 Å². The fourth-order valence-electron chi connectivity index (χ4n) is 1.78. The van der Waals surface area contributed by atoms with Crippen LogP contribution in [0.2, 0.25) is 0 Å². The van der Waals surface area contributed by atoms with E-state index in [0.29, 0.717) is 25.9 Å². The largest absolute Gasteiger partial charge is 0.481 e. The Hall–Kier alpha value is -1.31. The van der Waals surface area contributed by atoms with Crippen molar-refractivity contribution in [1.29, 1.82) is 0 Å². The average Bonchev–Trinajstić information content (AvgIpc) is 2.27. The topological polar surface area (TPSA) is 104 Å². The predicted octanol–water partition coefficient (Wildman–Crippen LogP) is -0.463. The zero-order chi connectivity index (χ0) is 13.8. The zero-order valence-corrected chi connectivity index (χ0v) is 11.1. The molecule has 18 heavy (non-hydrogen) atoms. The van der Waals surface area contributed by atoms with Crippen molar-refractivity contribution in [3.8, 4) is 0 Å². The van der Waals surface area contributed by atoms with E-state index in [1.165, 1.54) is 4.90 Å². The van der Waals surface area contributed by atoms with Crippen LogP contribution in [-0.2, 0) is 14.6 Å². The van der Waals surface area contributed by atoms with Gasteiger partial charge in [0.05, 0.1) is 11.7 Å². The molecule has 0 saturated carbocycles. The van der Waals surface area contributed by atoms with E-state index < -0.39 is 15.8 Å². The molecule has 1 heterocycles. The first-order chi connectivity index (χ1) is 8.29. The summed E-state index contributed by atoms with van der Waals surface area (Å²) >= 11 is 0. The molecule has 2 amide bonds. The van der Waals surface area contributed by atoms with Gasteiger partial charge in [-0.2, -0.15) is 0 Å². The van der Waals surface area contributed by atoms with Crippen LogP contribution in [0.25, 0.3) is 0 Å². The number of nitrogens with one attached hydrogen (secondary N) is 1. The molecule has 1 aliphatic heterocycles. The fraction of sp³-hybridized carbons (Fsp3) is 0.800. The lowest BCUT2D eigenvalue weighted by molar-refractivity contribution is -0.143. The fourth-order valence-corrected chi connectivity index (χ4v) is 2.26. The molecule has 7 nitrogen and oxygen atoms in total. The van der Waals surface area contributed by atoms with Gasteiger partial charge in [-0.05, 0) is 12.8 Å². The van der Waals surface area contributed by atoms with Crippen LogP contribution in [0.1, 0.15) is 12.8 Å². The van der Waals surface area contributed by atoms with Gasteiger partial charge in [-0.3, -0.25) is 4.79 Å². The summed E-state index contributed by atoms with van der Waals surface area (Å²) in [5, 5.41) is 11.3. The van der Waals surface area contributed by atoms with E-state index >= 15 is 0 Å². The molecule has 1 rings (SSSR count). The molecule has 104 valence electrons. The number of aliphatic carboxylic acids is 1. The van der Waals surface area contributed by atoms with Gasteiger partial charge in [-0.15, -0.1) is 0 Å². The molecule has 8 heteroatoms. The second-order valence-corrected chi connectivity index (χ2v) is 6.72. The highest BCUT2D eigenvalue weighted by atomic mass is 32.2. The molecule has 0 spiro atoms. The summed E-state index contributed by atoms with van der Waals surface area (Å²) in [5.74, 6) is -1.30. The summed E-state index contributed by atoms with van der Waals surface area (Å²) in [7, 11) is -3.08. The molecule has 2 N–H and O–H groups in total. The molecule has 0 atom stereocenters. The molecule has 0 radical (unpaired) electrons. The van der Waals surface area contributed by atoms with E-state index in [1.54, 1.807) is 0 Å². The first kappa shape index (κ1) is 14.7. The molecule has 1 saturated heterocycles. The van der Waals surface area contributed by atoms with Crippen LogP contribution in [0.4, 0.5) is 4.79 Å². The number of rotatable bonds is 4. The highest BCUT2D eigenvalue weighted by Gasteiger charge is 2.26. The second-order valence-electron chi connectivity index (χ2n) is 4.46. The Morgan fingerprint density at radius 1 is 1.33 bits per heavy atom. The van der Waals surface area contributed by atoms with Crippen molar-refractivity contribution in [2.24, 2.45) is 5.92 Å². The number of hydrogen-bond donors (Lipinski definition) is 2. The highest BCUT2D eigenvalue weighted by molar-refractivity contribution is 7.90. The van der Waals surface area contributed by atoms with E-state index in [2.05, 4.69) is 5.32 Å². The maximum absolute atomic E-state index is 11.6. The van der Waals surface area contributed by atoms with Crippen molar-refractivity contribution in [1.82, 2.24) is 10.2 Å². The summed E-state index contributed by atoms with van der Waals surface area (Å²) in [4.78, 5) is 23.9. The Morgan fingerprint density at radius 2 is 1.89 bits per heavy atom. The Balaban J connectivity index is 2.30. The van der Waals surface area contributed by atoms with Crippen molar-refractivity contribution in [3.05, 3.63) is 0 Å². The normalized spacial score (nSPS) is 17.5. The third kappa shape index (κ3) is 4.91. The van der Waals surface area contributed by atoms with Crippen LogP contribution < -0.4 is 5.32 Å². The van der Waals surface area contributed by atoms with Gasteiger partial charge in [0, 0.05) is 25.9 Å². The molecular formula is C10H18N2O5S. The lowest BCUT2D eigenvalue weighted by atomic mass is 9.97. The van der Waals surface area contributed by atoms with Crippen molar-refractivity contribution in [3.63, 3.8) is 0 Å². The Labute approximate surface area is 106 Å². The predicted molar refractivity (Wildman–Crippen MR) is 65.0 cm³/mol. The Morgan fingerprint density at radius 3 is 2.33 bits per heavy atom. The molecule has 1 fully saturated rings. The van der Waals surface area contributed by atoms with Crippen LogP contribution in [-0.4, -0.2) is 62.1 Å². The van der Waals surface area contributed by atoms with E-state index in [4.69, 9.17) is 5.11 Å². The molecule has 0 aromatic carbocycles. The van der Waals surface area contributed by atoms with Gasteiger partial charge in [0.15, 0.2) is 0 Å². The van der Waals surface area contributed by atoms with Crippen molar-refractivity contribution in [2.45, 2.75) is 12.8 Å². The van der Waals surface area contributed by atoms with Crippen LogP contribution in [0.5, 0.6) is 0 Å². The minimum Gasteiger partial charge on any atom is -0.481 e. The number of urea groups is 1. The van der Waals surface area contributed by atoms with Crippen molar-refractivity contribution < 1.29 is 23.1 Å². The first-order valence-corrected chi connectivity index (χ1v) is 7.79. The van der Waals surface area contributed by atoms with Crippen LogP contribution in [0.3, 0.4) is 0 Å². The minimum absolute atomic E-state index is 0.0799. The molecular weight excluding hydrogens is 260 g/mol. The minimum atomic E-state index is -3.08. The lowest BCUT2D eigenvalue weighted by Gasteiger charge is -2.30. The van der Waals surface area contributed by atoms with E-state index in [0.717, 1.165) is 6.26 Å². The van der Waals surface area contributed by atoms with Crippen molar-refractivity contribution in [2.75, 3.05) is 31.6 Å². The van der Waals surface area contributed by atoms with Gasteiger partial charge in [0.25, 0.3) is 0 Å². The van der Waals surface area contributed by atoms with Crippen LogP contribution in [0.15, 0.2) is 0 Å². The summed E-state index contributed by atoms with van der Waals surface area (Å²) in [6.45, 7) is 0.861. The van der Waals surface area contributed by atoms with Gasteiger partial charge in [0.1, 0.15) is 9.84 Å². The van der Waals surface area contributed by atoms with E-state index in [-0.39, 0.29) is 24.2 Å². The van der Waals surface area contributed by atoms with Crippen molar-refractivity contribution >= 4 is 21.8 Å². The number of sulfone groups is 1. The van der Waals surface area contributed by atoms with E-state index in [9.17, 15) is 18.0 Å². The summed E-state index contributed by atoms with van der Waals surface area (Å²) < 4.78 is 21.8. The number of amides is 2. The molecule has 0 aromatic rings. The number of piperidine rings is 1. The maximum atomic E-state index is 11.6. The number of likely N-dealkylation sites (tertiary alicyclic amines) is 1. The Kier molecular flexibility index (Phi) is 4.94. The Bertz CT molecular complexity index is 412. The third-order valence-electron chi connectivity index (χ3n) is 2.88. The maximum Gasteiger partial charge on any atom is 0.317 e. The average molecular weight is 278 g/mol. The second kappa shape index (κ2) is 6.03. The molecule has 0 bridgehead atoms. The molecule has 0 unspecified atom stereocenters. The van der Waals surface area contributed by atoms with Crippen LogP contribution in [0, 0.1) is 5.92 Å². The van der Waals surface area contributed by atoms with Gasteiger partial charge in [0.2, 0.25) is 0 Å². The molecule has 0 aromatic heterocycles.